The van der Waals surface area contributed by atoms with Gasteiger partial charge in [0.25, 0.3) is 0 Å². The molecule has 0 saturated heterocycles. The Kier molecular flexibility index (Phi) is 3.15. The summed E-state index contributed by atoms with van der Waals surface area (Å²) in [7, 11) is 0. The molecule has 1 nitrogen and oxygen atoms in total. The standard InChI is InChI=1S/C27H18O/c1-17-5-4-7-19(15-17)20-10-12-22-21(16-20)11-14-25-26(22)24-13-9-18-6-2-3-8-23(18)27(24)28-25/h2-16H,1H3. The molecule has 0 aliphatic carbocycles. The minimum Gasteiger partial charge on any atom is -0.455 e. The van der Waals surface area contributed by atoms with Crippen molar-refractivity contribution in [1.82, 2.24) is 0 Å². The fraction of sp³-hybridized carbons (Fsp3) is 0.0370. The maximum atomic E-state index is 6.30. The highest BCUT2D eigenvalue weighted by Gasteiger charge is 2.13. The van der Waals surface area contributed by atoms with Crippen LogP contribution >= 0.6 is 0 Å². The molecule has 0 saturated carbocycles. The molecule has 0 aliphatic rings. The molecule has 28 heavy (non-hydrogen) atoms. The summed E-state index contributed by atoms with van der Waals surface area (Å²) in [5, 5.41) is 7.24. The van der Waals surface area contributed by atoms with E-state index in [2.05, 4.69) is 97.9 Å². The van der Waals surface area contributed by atoms with Gasteiger partial charge in [-0.2, -0.15) is 0 Å². The third-order valence-corrected chi connectivity index (χ3v) is 5.69. The molecule has 0 bridgehead atoms. The van der Waals surface area contributed by atoms with Crippen molar-refractivity contribution in [1.29, 1.82) is 0 Å². The molecular weight excluding hydrogens is 340 g/mol. The van der Waals surface area contributed by atoms with Gasteiger partial charge in [0.1, 0.15) is 11.2 Å². The van der Waals surface area contributed by atoms with E-state index in [1.807, 2.05) is 0 Å². The Bertz CT molecular complexity index is 1520. The second-order valence-corrected chi connectivity index (χ2v) is 7.51. The molecule has 1 aromatic heterocycles. The van der Waals surface area contributed by atoms with Crippen LogP contribution in [0, 0.1) is 6.92 Å². The van der Waals surface area contributed by atoms with Gasteiger partial charge in [0.05, 0.1) is 0 Å². The van der Waals surface area contributed by atoms with Gasteiger partial charge in [0.2, 0.25) is 0 Å². The Morgan fingerprint density at radius 3 is 2.32 bits per heavy atom. The number of benzene rings is 5. The molecule has 1 heteroatoms. The predicted molar refractivity (Wildman–Crippen MR) is 119 cm³/mol. The van der Waals surface area contributed by atoms with E-state index in [4.69, 9.17) is 4.42 Å². The molecule has 0 atom stereocenters. The summed E-state index contributed by atoms with van der Waals surface area (Å²) >= 11 is 0. The quantitative estimate of drug-likeness (QED) is 0.291. The van der Waals surface area contributed by atoms with Crippen molar-refractivity contribution in [2.75, 3.05) is 0 Å². The van der Waals surface area contributed by atoms with Gasteiger partial charge in [-0.05, 0) is 52.4 Å². The predicted octanol–water partition coefficient (Wildman–Crippen LogP) is 7.87. The highest BCUT2D eigenvalue weighted by molar-refractivity contribution is 6.23. The van der Waals surface area contributed by atoms with Crippen molar-refractivity contribution in [2.24, 2.45) is 0 Å². The molecule has 132 valence electrons. The van der Waals surface area contributed by atoms with Gasteiger partial charge in [-0.1, -0.05) is 78.4 Å². The molecule has 6 aromatic rings. The summed E-state index contributed by atoms with van der Waals surface area (Å²) < 4.78 is 6.30. The summed E-state index contributed by atoms with van der Waals surface area (Å²) in [6.45, 7) is 2.13. The average Bonchev–Trinajstić information content (AvgIpc) is 3.13. The van der Waals surface area contributed by atoms with Crippen molar-refractivity contribution in [3.63, 3.8) is 0 Å². The molecule has 1 heterocycles. The van der Waals surface area contributed by atoms with E-state index in [1.54, 1.807) is 0 Å². The van der Waals surface area contributed by atoms with Crippen molar-refractivity contribution < 1.29 is 4.42 Å². The first-order valence-electron chi connectivity index (χ1n) is 9.62. The van der Waals surface area contributed by atoms with Crippen LogP contribution in [-0.4, -0.2) is 0 Å². The Balaban J connectivity index is 1.67. The van der Waals surface area contributed by atoms with Crippen LogP contribution in [0.15, 0.2) is 95.4 Å². The van der Waals surface area contributed by atoms with Crippen molar-refractivity contribution in [3.05, 3.63) is 96.6 Å². The van der Waals surface area contributed by atoms with E-state index in [0.717, 1.165) is 11.2 Å². The monoisotopic (exact) mass is 358 g/mol. The van der Waals surface area contributed by atoms with E-state index >= 15 is 0 Å². The smallest absolute Gasteiger partial charge is 0.143 e. The first-order chi connectivity index (χ1) is 13.8. The highest BCUT2D eigenvalue weighted by atomic mass is 16.3. The Morgan fingerprint density at radius 1 is 0.571 bits per heavy atom. The molecule has 0 amide bonds. The maximum absolute atomic E-state index is 6.30. The zero-order valence-corrected chi connectivity index (χ0v) is 15.6. The molecule has 0 N–H and O–H groups in total. The molecule has 0 spiro atoms. The van der Waals surface area contributed by atoms with E-state index in [0.29, 0.717) is 0 Å². The third kappa shape index (κ3) is 2.20. The topological polar surface area (TPSA) is 13.1 Å². The van der Waals surface area contributed by atoms with Gasteiger partial charge in [0.15, 0.2) is 0 Å². The van der Waals surface area contributed by atoms with Gasteiger partial charge in [0, 0.05) is 16.2 Å². The zero-order valence-electron chi connectivity index (χ0n) is 15.6. The molecule has 0 unspecified atom stereocenters. The van der Waals surface area contributed by atoms with E-state index in [9.17, 15) is 0 Å². The van der Waals surface area contributed by atoms with Crippen molar-refractivity contribution in [2.45, 2.75) is 6.92 Å². The van der Waals surface area contributed by atoms with E-state index < -0.39 is 0 Å². The Morgan fingerprint density at radius 2 is 1.39 bits per heavy atom. The summed E-state index contributed by atoms with van der Waals surface area (Å²) in [5.41, 5.74) is 5.70. The normalized spacial score (nSPS) is 11.8. The number of rotatable bonds is 1. The van der Waals surface area contributed by atoms with E-state index in [1.165, 1.54) is 49.0 Å². The molecule has 0 radical (unpaired) electrons. The summed E-state index contributed by atoms with van der Waals surface area (Å²) in [6.07, 6.45) is 0. The first kappa shape index (κ1) is 15.5. The minimum absolute atomic E-state index is 0.946. The second-order valence-electron chi connectivity index (χ2n) is 7.51. The number of fused-ring (bicyclic) bond motifs is 7. The van der Waals surface area contributed by atoms with Crippen LogP contribution in [0.5, 0.6) is 0 Å². The maximum Gasteiger partial charge on any atom is 0.143 e. The molecule has 0 fully saturated rings. The summed E-state index contributed by atoms with van der Waals surface area (Å²) in [6, 6.07) is 32.5. The third-order valence-electron chi connectivity index (χ3n) is 5.69. The SMILES string of the molecule is Cc1cccc(-c2ccc3c(ccc4oc5c6ccccc6ccc5c43)c2)c1. The van der Waals surface area contributed by atoms with Crippen LogP contribution in [-0.2, 0) is 0 Å². The molecular formula is C27H18O. The Labute approximate surface area is 162 Å². The van der Waals surface area contributed by atoms with Gasteiger partial charge in [-0.15, -0.1) is 0 Å². The Hall–Kier alpha value is -3.58. The van der Waals surface area contributed by atoms with Crippen LogP contribution < -0.4 is 0 Å². The lowest BCUT2D eigenvalue weighted by molar-refractivity contribution is 0.673. The highest BCUT2D eigenvalue weighted by Crippen LogP contribution is 2.38. The lowest BCUT2D eigenvalue weighted by Crippen LogP contribution is -1.81. The minimum atomic E-state index is 0.946. The molecule has 5 aromatic carbocycles. The number of furan rings is 1. The lowest BCUT2D eigenvalue weighted by Gasteiger charge is -2.06. The zero-order chi connectivity index (χ0) is 18.7. The van der Waals surface area contributed by atoms with Crippen molar-refractivity contribution in [3.8, 4) is 11.1 Å². The van der Waals surface area contributed by atoms with Crippen LogP contribution in [0.1, 0.15) is 5.56 Å². The van der Waals surface area contributed by atoms with Gasteiger partial charge in [-0.25, -0.2) is 0 Å². The fourth-order valence-corrected chi connectivity index (χ4v) is 4.34. The largest absolute Gasteiger partial charge is 0.455 e. The average molecular weight is 358 g/mol. The molecule has 0 aliphatic heterocycles. The number of hydrogen-bond acceptors (Lipinski definition) is 1. The van der Waals surface area contributed by atoms with Gasteiger partial charge >= 0.3 is 0 Å². The van der Waals surface area contributed by atoms with Gasteiger partial charge < -0.3 is 4.42 Å². The van der Waals surface area contributed by atoms with Crippen LogP contribution in [0.4, 0.5) is 0 Å². The summed E-state index contributed by atoms with van der Waals surface area (Å²) in [5.74, 6) is 0. The van der Waals surface area contributed by atoms with Crippen LogP contribution in [0.25, 0.3) is 54.6 Å². The summed E-state index contributed by atoms with van der Waals surface area (Å²) in [4.78, 5) is 0. The number of aryl methyl sites for hydroxylation is 1. The number of hydrogen-bond donors (Lipinski definition) is 0. The van der Waals surface area contributed by atoms with Crippen molar-refractivity contribution >= 4 is 43.5 Å². The van der Waals surface area contributed by atoms with Crippen LogP contribution in [0.2, 0.25) is 0 Å². The van der Waals surface area contributed by atoms with Crippen LogP contribution in [0.3, 0.4) is 0 Å². The molecule has 6 rings (SSSR count). The van der Waals surface area contributed by atoms with E-state index in [-0.39, 0.29) is 0 Å². The van der Waals surface area contributed by atoms with Gasteiger partial charge in [-0.3, -0.25) is 0 Å². The first-order valence-corrected chi connectivity index (χ1v) is 9.62. The lowest BCUT2D eigenvalue weighted by atomic mass is 9.97. The second kappa shape index (κ2) is 5.71. The fourth-order valence-electron chi connectivity index (χ4n) is 4.34.